The van der Waals surface area contributed by atoms with Crippen LogP contribution in [0.25, 0.3) is 0 Å². The fraction of sp³-hybridized carbons (Fsp3) is 0.571. The minimum Gasteiger partial charge on any atom is -0.383 e. The molecule has 100 valence electrons. The van der Waals surface area contributed by atoms with Gasteiger partial charge < -0.3 is 10.5 Å². The van der Waals surface area contributed by atoms with Crippen molar-refractivity contribution in [1.29, 1.82) is 0 Å². The van der Waals surface area contributed by atoms with Crippen LogP contribution < -0.4 is 5.73 Å². The average molecular weight is 252 g/mol. The van der Waals surface area contributed by atoms with Gasteiger partial charge in [0.1, 0.15) is 5.82 Å². The molecule has 1 aromatic rings. The Labute approximate surface area is 108 Å². The van der Waals surface area contributed by atoms with Gasteiger partial charge in [0, 0.05) is 19.7 Å². The standard InChI is InChI=1S/C14H21FN2O/c1-18-9-8-17-7-3-6-13(16)14(17)11-4-2-5-12(15)10-11/h2,4-5,10,13-14H,3,6-9,16H2,1H3. The highest BCUT2D eigenvalue weighted by Gasteiger charge is 2.30. The van der Waals surface area contributed by atoms with E-state index in [1.165, 1.54) is 6.07 Å². The molecule has 18 heavy (non-hydrogen) atoms. The quantitative estimate of drug-likeness (QED) is 0.890. The van der Waals surface area contributed by atoms with E-state index < -0.39 is 0 Å². The second-order valence-electron chi connectivity index (χ2n) is 4.83. The summed E-state index contributed by atoms with van der Waals surface area (Å²) in [5.41, 5.74) is 7.19. The predicted octanol–water partition coefficient (Wildman–Crippen LogP) is 1.94. The van der Waals surface area contributed by atoms with E-state index in [2.05, 4.69) is 4.90 Å². The zero-order chi connectivity index (χ0) is 13.0. The highest BCUT2D eigenvalue weighted by Crippen LogP contribution is 2.30. The largest absolute Gasteiger partial charge is 0.383 e. The Morgan fingerprint density at radius 3 is 3.06 bits per heavy atom. The fourth-order valence-electron chi connectivity index (χ4n) is 2.71. The molecule has 0 saturated carbocycles. The summed E-state index contributed by atoms with van der Waals surface area (Å²) < 4.78 is 18.5. The number of hydrogen-bond acceptors (Lipinski definition) is 3. The number of nitrogens with two attached hydrogens (primary N) is 1. The van der Waals surface area contributed by atoms with E-state index in [9.17, 15) is 4.39 Å². The Bertz CT molecular complexity index is 386. The SMILES string of the molecule is COCCN1CCCC(N)C1c1cccc(F)c1. The third-order valence-electron chi connectivity index (χ3n) is 3.55. The van der Waals surface area contributed by atoms with Gasteiger partial charge in [-0.25, -0.2) is 4.39 Å². The zero-order valence-corrected chi connectivity index (χ0v) is 10.8. The maximum absolute atomic E-state index is 13.3. The highest BCUT2D eigenvalue weighted by molar-refractivity contribution is 5.22. The Balaban J connectivity index is 2.18. The van der Waals surface area contributed by atoms with Crippen LogP contribution >= 0.6 is 0 Å². The van der Waals surface area contributed by atoms with Gasteiger partial charge in [0.25, 0.3) is 0 Å². The molecule has 1 fully saturated rings. The van der Waals surface area contributed by atoms with E-state index in [-0.39, 0.29) is 17.9 Å². The first-order chi connectivity index (χ1) is 8.72. The van der Waals surface area contributed by atoms with E-state index in [4.69, 9.17) is 10.5 Å². The van der Waals surface area contributed by atoms with Crippen LogP contribution in [0.3, 0.4) is 0 Å². The first kappa shape index (κ1) is 13.5. The van der Waals surface area contributed by atoms with Gasteiger partial charge in [-0.2, -0.15) is 0 Å². The molecule has 2 rings (SSSR count). The molecule has 0 aromatic heterocycles. The van der Waals surface area contributed by atoms with Crippen LogP contribution in [0.1, 0.15) is 24.4 Å². The minimum atomic E-state index is -0.197. The molecule has 1 aromatic carbocycles. The predicted molar refractivity (Wildman–Crippen MR) is 69.8 cm³/mol. The van der Waals surface area contributed by atoms with Crippen molar-refractivity contribution in [2.45, 2.75) is 24.9 Å². The number of likely N-dealkylation sites (tertiary alicyclic amines) is 1. The lowest BCUT2D eigenvalue weighted by atomic mass is 9.91. The van der Waals surface area contributed by atoms with Crippen molar-refractivity contribution < 1.29 is 9.13 Å². The lowest BCUT2D eigenvalue weighted by Crippen LogP contribution is -2.46. The topological polar surface area (TPSA) is 38.5 Å². The fourth-order valence-corrected chi connectivity index (χ4v) is 2.71. The summed E-state index contributed by atoms with van der Waals surface area (Å²) in [7, 11) is 1.70. The third kappa shape index (κ3) is 3.07. The number of rotatable bonds is 4. The molecule has 1 aliphatic heterocycles. The lowest BCUT2D eigenvalue weighted by Gasteiger charge is -2.40. The normalized spacial score (nSPS) is 25.3. The Morgan fingerprint density at radius 1 is 1.50 bits per heavy atom. The molecule has 1 aliphatic rings. The summed E-state index contributed by atoms with van der Waals surface area (Å²) in [4.78, 5) is 2.30. The minimum absolute atomic E-state index is 0.0670. The Kier molecular flexibility index (Phi) is 4.69. The number of ether oxygens (including phenoxy) is 1. The molecule has 0 spiro atoms. The molecule has 2 atom stereocenters. The Morgan fingerprint density at radius 2 is 2.33 bits per heavy atom. The van der Waals surface area contributed by atoms with Crippen LogP contribution in [0.5, 0.6) is 0 Å². The van der Waals surface area contributed by atoms with Crippen molar-refractivity contribution in [3.63, 3.8) is 0 Å². The van der Waals surface area contributed by atoms with Crippen LogP contribution in [-0.4, -0.2) is 37.7 Å². The summed E-state index contributed by atoms with van der Waals surface area (Å²) in [5, 5.41) is 0. The maximum Gasteiger partial charge on any atom is 0.123 e. The maximum atomic E-state index is 13.3. The lowest BCUT2D eigenvalue weighted by molar-refractivity contribution is 0.0847. The summed E-state index contributed by atoms with van der Waals surface area (Å²) >= 11 is 0. The third-order valence-corrected chi connectivity index (χ3v) is 3.55. The van der Waals surface area contributed by atoms with Gasteiger partial charge in [-0.15, -0.1) is 0 Å². The molecule has 1 heterocycles. The number of methoxy groups -OCH3 is 1. The number of hydrogen-bond donors (Lipinski definition) is 1. The average Bonchev–Trinajstić information content (AvgIpc) is 2.36. The van der Waals surface area contributed by atoms with E-state index in [0.717, 1.165) is 31.5 Å². The van der Waals surface area contributed by atoms with Crippen molar-refractivity contribution in [2.75, 3.05) is 26.8 Å². The van der Waals surface area contributed by atoms with Crippen molar-refractivity contribution >= 4 is 0 Å². The molecule has 2 unspecified atom stereocenters. The van der Waals surface area contributed by atoms with Crippen molar-refractivity contribution in [2.24, 2.45) is 5.73 Å². The molecule has 3 nitrogen and oxygen atoms in total. The van der Waals surface area contributed by atoms with Gasteiger partial charge in [0.15, 0.2) is 0 Å². The van der Waals surface area contributed by atoms with Crippen molar-refractivity contribution in [3.8, 4) is 0 Å². The summed E-state index contributed by atoms with van der Waals surface area (Å²) in [6, 6.07) is 6.94. The van der Waals surface area contributed by atoms with E-state index in [1.807, 2.05) is 6.07 Å². The molecule has 2 N–H and O–H groups in total. The van der Waals surface area contributed by atoms with Gasteiger partial charge in [0.05, 0.1) is 12.6 Å². The first-order valence-electron chi connectivity index (χ1n) is 6.46. The van der Waals surface area contributed by atoms with Crippen molar-refractivity contribution in [1.82, 2.24) is 4.90 Å². The van der Waals surface area contributed by atoms with Crippen LogP contribution in [0.15, 0.2) is 24.3 Å². The van der Waals surface area contributed by atoms with Gasteiger partial charge in [-0.1, -0.05) is 12.1 Å². The Hall–Kier alpha value is -0.970. The van der Waals surface area contributed by atoms with Crippen LogP contribution in [0.2, 0.25) is 0 Å². The monoisotopic (exact) mass is 252 g/mol. The summed E-state index contributed by atoms with van der Waals surface area (Å²) in [6.45, 7) is 2.52. The van der Waals surface area contributed by atoms with Gasteiger partial charge >= 0.3 is 0 Å². The van der Waals surface area contributed by atoms with Gasteiger partial charge in [0.2, 0.25) is 0 Å². The molecular weight excluding hydrogens is 231 g/mol. The van der Waals surface area contributed by atoms with Gasteiger partial charge in [-0.05, 0) is 37.1 Å². The van der Waals surface area contributed by atoms with Crippen LogP contribution in [0, 0.1) is 5.82 Å². The zero-order valence-electron chi connectivity index (χ0n) is 10.8. The van der Waals surface area contributed by atoms with Crippen LogP contribution in [0.4, 0.5) is 4.39 Å². The number of halogens is 1. The summed E-state index contributed by atoms with van der Waals surface area (Å²) in [6.07, 6.45) is 2.08. The molecule has 0 amide bonds. The second-order valence-corrected chi connectivity index (χ2v) is 4.83. The molecule has 0 radical (unpaired) electrons. The molecule has 1 saturated heterocycles. The number of nitrogens with zero attached hydrogens (tertiary/aromatic N) is 1. The first-order valence-corrected chi connectivity index (χ1v) is 6.46. The highest BCUT2D eigenvalue weighted by atomic mass is 19.1. The van der Waals surface area contributed by atoms with Crippen molar-refractivity contribution in [3.05, 3.63) is 35.6 Å². The second kappa shape index (κ2) is 6.27. The smallest absolute Gasteiger partial charge is 0.123 e. The number of benzene rings is 1. The number of piperidine rings is 1. The molecular formula is C14H21FN2O. The van der Waals surface area contributed by atoms with Crippen LogP contribution in [-0.2, 0) is 4.74 Å². The van der Waals surface area contributed by atoms with E-state index in [1.54, 1.807) is 19.2 Å². The molecule has 0 bridgehead atoms. The summed E-state index contributed by atoms with van der Waals surface area (Å²) in [5.74, 6) is -0.197. The molecule has 0 aliphatic carbocycles. The van der Waals surface area contributed by atoms with E-state index >= 15 is 0 Å². The van der Waals surface area contributed by atoms with Gasteiger partial charge in [-0.3, -0.25) is 4.90 Å². The van der Waals surface area contributed by atoms with E-state index in [0.29, 0.717) is 6.61 Å². The molecule has 4 heteroatoms.